The van der Waals surface area contributed by atoms with Gasteiger partial charge in [0.15, 0.2) is 5.12 Å². The molecule has 2 N–H and O–H groups in total. The minimum atomic E-state index is -0.266. The Bertz CT molecular complexity index is 159. The van der Waals surface area contributed by atoms with Crippen molar-refractivity contribution >= 4 is 17.7 Å². The molecule has 0 unspecified atom stereocenters. The number of aromatic amines is 1. The van der Waals surface area contributed by atoms with Crippen LogP contribution in [0.15, 0.2) is 18.7 Å². The highest BCUT2D eigenvalue weighted by Crippen LogP contribution is 1.82. The van der Waals surface area contributed by atoms with E-state index in [1.165, 1.54) is 0 Å². The molecule has 62 valence electrons. The van der Waals surface area contributed by atoms with Crippen molar-refractivity contribution in [3.8, 4) is 0 Å². The Hall–Kier alpha value is -0.810. The van der Waals surface area contributed by atoms with Crippen LogP contribution in [0.3, 0.4) is 0 Å². The Labute approximate surface area is 70.1 Å². The molecule has 11 heavy (non-hydrogen) atoms. The summed E-state index contributed by atoms with van der Waals surface area (Å²) in [6, 6.07) is 0. The Morgan fingerprint density at radius 2 is 2.45 bits per heavy atom. The maximum Gasteiger partial charge on any atom is 0.188 e. The largest absolute Gasteiger partial charge is 0.396 e. The fourth-order valence-corrected chi connectivity index (χ4v) is 0.411. The van der Waals surface area contributed by atoms with Crippen molar-refractivity contribution in [3.63, 3.8) is 0 Å². The summed E-state index contributed by atoms with van der Waals surface area (Å²) in [5, 5.41) is 7.70. The summed E-state index contributed by atoms with van der Waals surface area (Å²) in [4.78, 5) is 16.2. The van der Waals surface area contributed by atoms with Crippen LogP contribution in [0.4, 0.5) is 0 Å². The van der Waals surface area contributed by atoms with Crippen LogP contribution in [0.25, 0.3) is 0 Å². The first kappa shape index (κ1) is 10.2. The minimum absolute atomic E-state index is 0.0949. The van der Waals surface area contributed by atoms with E-state index in [0.29, 0.717) is 0 Å². The lowest BCUT2D eigenvalue weighted by atomic mass is 10.5. The predicted octanol–water partition coefficient (Wildman–Crippen LogP) is 0.235. The summed E-state index contributed by atoms with van der Waals surface area (Å²) in [6.45, 7) is -0.0949. The molecule has 0 aliphatic rings. The van der Waals surface area contributed by atoms with Crippen molar-refractivity contribution in [2.75, 3.05) is 6.61 Å². The van der Waals surface area contributed by atoms with Gasteiger partial charge in [-0.15, -0.1) is 12.6 Å². The first-order valence-electron chi connectivity index (χ1n) is 3.02. The van der Waals surface area contributed by atoms with Crippen molar-refractivity contribution in [1.82, 2.24) is 9.97 Å². The number of nitrogens with one attached hydrogen (secondary N) is 1. The van der Waals surface area contributed by atoms with E-state index in [4.69, 9.17) is 5.11 Å². The zero-order valence-corrected chi connectivity index (χ0v) is 6.79. The number of rotatable bonds is 2. The molecule has 1 rings (SSSR count). The third-order valence-electron chi connectivity index (χ3n) is 0.732. The van der Waals surface area contributed by atoms with E-state index < -0.39 is 0 Å². The Morgan fingerprint density at radius 3 is 2.55 bits per heavy atom. The van der Waals surface area contributed by atoms with Gasteiger partial charge in [0, 0.05) is 18.8 Å². The average Bonchev–Trinajstić information content (AvgIpc) is 2.41. The van der Waals surface area contributed by atoms with Crippen LogP contribution in [0.5, 0.6) is 0 Å². The number of carbonyl (C=O) groups is 1. The van der Waals surface area contributed by atoms with E-state index in [1.807, 2.05) is 0 Å². The van der Waals surface area contributed by atoms with E-state index in [-0.39, 0.29) is 18.1 Å². The number of H-pyrrole nitrogens is 1. The summed E-state index contributed by atoms with van der Waals surface area (Å²) in [6.07, 6.45) is 5.24. The highest BCUT2D eigenvalue weighted by Gasteiger charge is 1.86. The smallest absolute Gasteiger partial charge is 0.188 e. The van der Waals surface area contributed by atoms with Gasteiger partial charge in [0.05, 0.1) is 12.9 Å². The lowest BCUT2D eigenvalue weighted by Gasteiger charge is -1.79. The molecule has 0 aromatic carbocycles. The summed E-state index contributed by atoms with van der Waals surface area (Å²) >= 11 is 3.38. The van der Waals surface area contributed by atoms with Crippen LogP contribution < -0.4 is 0 Å². The molecule has 0 aliphatic carbocycles. The Morgan fingerprint density at radius 1 is 1.73 bits per heavy atom. The van der Waals surface area contributed by atoms with Gasteiger partial charge in [0.2, 0.25) is 0 Å². The van der Waals surface area contributed by atoms with Gasteiger partial charge in [-0.3, -0.25) is 4.79 Å². The van der Waals surface area contributed by atoms with Crippen LogP contribution >= 0.6 is 12.6 Å². The van der Waals surface area contributed by atoms with Gasteiger partial charge < -0.3 is 10.1 Å². The number of aliphatic hydroxyl groups is 1. The van der Waals surface area contributed by atoms with Gasteiger partial charge in [-0.1, -0.05) is 0 Å². The quantitative estimate of drug-likeness (QED) is 0.562. The number of hydrogen-bond acceptors (Lipinski definition) is 3. The molecule has 1 aromatic heterocycles. The molecule has 0 radical (unpaired) electrons. The van der Waals surface area contributed by atoms with Crippen LogP contribution in [-0.4, -0.2) is 26.8 Å². The maximum atomic E-state index is 9.75. The van der Waals surface area contributed by atoms with Crippen molar-refractivity contribution in [2.45, 2.75) is 6.42 Å². The molecule has 0 amide bonds. The van der Waals surface area contributed by atoms with Gasteiger partial charge in [-0.25, -0.2) is 4.98 Å². The molecule has 0 fully saturated rings. The average molecular weight is 174 g/mol. The first-order chi connectivity index (χ1) is 5.27. The molecule has 0 aliphatic heterocycles. The molecular weight excluding hydrogens is 164 g/mol. The number of carbonyl (C=O) groups excluding carboxylic acids is 1. The zero-order valence-electron chi connectivity index (χ0n) is 5.90. The third-order valence-corrected chi connectivity index (χ3v) is 0.955. The Kier molecular flexibility index (Phi) is 6.76. The summed E-state index contributed by atoms with van der Waals surface area (Å²) in [7, 11) is 0. The van der Waals surface area contributed by atoms with Gasteiger partial charge in [0.25, 0.3) is 0 Å². The highest BCUT2D eigenvalue weighted by molar-refractivity contribution is 7.96. The van der Waals surface area contributed by atoms with E-state index in [2.05, 4.69) is 22.6 Å². The third kappa shape index (κ3) is 9.19. The van der Waals surface area contributed by atoms with E-state index in [1.54, 1.807) is 18.7 Å². The van der Waals surface area contributed by atoms with Crippen molar-refractivity contribution in [1.29, 1.82) is 0 Å². The summed E-state index contributed by atoms with van der Waals surface area (Å²) < 4.78 is 0. The molecular formula is C6H10N2O2S. The van der Waals surface area contributed by atoms with Gasteiger partial charge >= 0.3 is 0 Å². The van der Waals surface area contributed by atoms with Crippen molar-refractivity contribution < 1.29 is 9.90 Å². The normalized spacial score (nSPS) is 8.18. The lowest BCUT2D eigenvalue weighted by Crippen LogP contribution is -1.88. The van der Waals surface area contributed by atoms with Gasteiger partial charge in [-0.05, 0) is 0 Å². The first-order valence-corrected chi connectivity index (χ1v) is 3.47. The van der Waals surface area contributed by atoms with E-state index >= 15 is 0 Å². The van der Waals surface area contributed by atoms with E-state index in [9.17, 15) is 4.79 Å². The molecule has 4 nitrogen and oxygen atoms in total. The van der Waals surface area contributed by atoms with Crippen LogP contribution in [0, 0.1) is 0 Å². The molecule has 5 heteroatoms. The van der Waals surface area contributed by atoms with E-state index in [0.717, 1.165) is 0 Å². The maximum absolute atomic E-state index is 9.75. The van der Waals surface area contributed by atoms with Crippen LogP contribution in [0.1, 0.15) is 6.42 Å². The second-order valence-electron chi connectivity index (χ2n) is 1.63. The molecule has 1 aromatic rings. The molecule has 0 bridgehead atoms. The monoisotopic (exact) mass is 174 g/mol. The standard InChI is InChI=1S/C3H4N2.C3H6O2S/c1-2-5-3-4-1;4-2-1-3(5)6/h1-3H,(H,4,5);4H,1-2H2,(H,5,6). The fraction of sp³-hybridized carbons (Fsp3) is 0.333. The number of hydrogen-bond donors (Lipinski definition) is 3. The SMILES string of the molecule is O=C(S)CCO.c1c[nH]cn1. The molecule has 0 atom stereocenters. The number of imidazole rings is 1. The fourth-order valence-electron chi connectivity index (χ4n) is 0.311. The predicted molar refractivity (Wildman–Crippen MR) is 44.3 cm³/mol. The molecule has 0 spiro atoms. The second-order valence-corrected chi connectivity index (χ2v) is 2.13. The topological polar surface area (TPSA) is 66.0 Å². The molecule has 0 saturated carbocycles. The number of aromatic nitrogens is 2. The summed E-state index contributed by atoms with van der Waals surface area (Å²) in [5.41, 5.74) is 0. The zero-order chi connectivity index (χ0) is 8.53. The van der Waals surface area contributed by atoms with Crippen LogP contribution in [-0.2, 0) is 4.79 Å². The van der Waals surface area contributed by atoms with Crippen molar-refractivity contribution in [3.05, 3.63) is 18.7 Å². The number of thiol groups is 1. The summed E-state index contributed by atoms with van der Waals surface area (Å²) in [5.74, 6) is 0. The van der Waals surface area contributed by atoms with Gasteiger partial charge in [0.1, 0.15) is 0 Å². The van der Waals surface area contributed by atoms with Crippen molar-refractivity contribution in [2.24, 2.45) is 0 Å². The molecule has 0 saturated heterocycles. The number of aliphatic hydroxyl groups excluding tert-OH is 1. The highest BCUT2D eigenvalue weighted by atomic mass is 32.1. The Balaban J connectivity index is 0.000000183. The molecule has 1 heterocycles. The van der Waals surface area contributed by atoms with Gasteiger partial charge in [-0.2, -0.15) is 0 Å². The minimum Gasteiger partial charge on any atom is -0.396 e. The number of nitrogens with zero attached hydrogens (tertiary/aromatic N) is 1. The lowest BCUT2D eigenvalue weighted by molar-refractivity contribution is -0.111. The second kappa shape index (κ2) is 7.30. The van der Waals surface area contributed by atoms with Crippen LogP contribution in [0.2, 0.25) is 0 Å².